The third kappa shape index (κ3) is 4.05. The summed E-state index contributed by atoms with van der Waals surface area (Å²) in [4.78, 5) is 10.9. The highest BCUT2D eigenvalue weighted by atomic mass is 32.2. The van der Waals surface area contributed by atoms with Gasteiger partial charge in [-0.3, -0.25) is 10.1 Å². The number of nitro benzene ring substituents is 1. The maximum absolute atomic E-state index is 12.7. The van der Waals surface area contributed by atoms with E-state index in [4.69, 9.17) is 0 Å². The summed E-state index contributed by atoms with van der Waals surface area (Å²) < 4.78 is 26.8. The van der Waals surface area contributed by atoms with E-state index < -0.39 is 14.9 Å². The van der Waals surface area contributed by atoms with Crippen molar-refractivity contribution in [1.82, 2.24) is 4.31 Å². The molecule has 1 fully saturated rings. The third-order valence-electron chi connectivity index (χ3n) is 4.46. The number of benzene rings is 1. The zero-order chi connectivity index (χ0) is 17.7. The first kappa shape index (κ1) is 18.7. The maximum Gasteiger partial charge on any atom is 0.293 e. The van der Waals surface area contributed by atoms with Crippen molar-refractivity contribution in [3.8, 4) is 0 Å². The molecule has 1 aromatic carbocycles. The van der Waals surface area contributed by atoms with Crippen LogP contribution < -0.4 is 5.32 Å². The van der Waals surface area contributed by atoms with Crippen LogP contribution in [0.2, 0.25) is 0 Å². The van der Waals surface area contributed by atoms with E-state index in [9.17, 15) is 18.5 Å². The Labute approximate surface area is 143 Å². The molecule has 0 amide bonds. The Morgan fingerprint density at radius 1 is 1.21 bits per heavy atom. The van der Waals surface area contributed by atoms with Crippen molar-refractivity contribution < 1.29 is 13.3 Å². The van der Waals surface area contributed by atoms with Crippen LogP contribution in [0, 0.1) is 10.1 Å². The van der Waals surface area contributed by atoms with Crippen LogP contribution >= 0.6 is 0 Å². The number of nitrogens with one attached hydrogen (secondary N) is 1. The smallest absolute Gasteiger partial charge is 0.293 e. The van der Waals surface area contributed by atoms with Crippen molar-refractivity contribution in [1.29, 1.82) is 0 Å². The largest absolute Gasteiger partial charge is 0.377 e. The number of anilines is 1. The van der Waals surface area contributed by atoms with Crippen LogP contribution in [0.3, 0.4) is 0 Å². The topological polar surface area (TPSA) is 92.6 Å². The van der Waals surface area contributed by atoms with Gasteiger partial charge in [-0.15, -0.1) is 0 Å². The molecule has 0 aliphatic carbocycles. The highest BCUT2D eigenvalue weighted by molar-refractivity contribution is 7.89. The molecule has 1 heterocycles. The van der Waals surface area contributed by atoms with E-state index in [1.165, 1.54) is 22.5 Å². The van der Waals surface area contributed by atoms with Crippen molar-refractivity contribution in [2.24, 2.45) is 0 Å². The zero-order valence-electron chi connectivity index (χ0n) is 14.2. The number of nitro groups is 1. The van der Waals surface area contributed by atoms with E-state index in [0.717, 1.165) is 32.1 Å². The van der Waals surface area contributed by atoms with Gasteiger partial charge in [0.1, 0.15) is 5.69 Å². The van der Waals surface area contributed by atoms with Gasteiger partial charge in [0.25, 0.3) is 5.69 Å². The Hall–Kier alpha value is -1.67. The molecule has 2 rings (SSSR count). The fourth-order valence-electron chi connectivity index (χ4n) is 2.91. The molecule has 24 heavy (non-hydrogen) atoms. The molecule has 1 saturated heterocycles. The fourth-order valence-corrected chi connectivity index (χ4v) is 4.45. The lowest BCUT2D eigenvalue weighted by molar-refractivity contribution is -0.384. The fraction of sp³-hybridized carbons (Fsp3) is 0.625. The van der Waals surface area contributed by atoms with Gasteiger partial charge in [-0.1, -0.05) is 20.3 Å². The van der Waals surface area contributed by atoms with Crippen LogP contribution in [0.4, 0.5) is 11.4 Å². The van der Waals surface area contributed by atoms with Gasteiger partial charge in [-0.25, -0.2) is 8.42 Å². The van der Waals surface area contributed by atoms with Gasteiger partial charge in [-0.2, -0.15) is 4.31 Å². The number of hydrogen-bond acceptors (Lipinski definition) is 5. The van der Waals surface area contributed by atoms with Crippen LogP contribution in [-0.2, 0) is 10.0 Å². The molecule has 1 aromatic rings. The number of rotatable bonds is 7. The average molecular weight is 355 g/mol. The standard InChI is InChI=1S/C16H25N3O4S/c1-3-13(4-2)17-15-9-8-14(12-16(15)19(20)21)24(22,23)18-10-6-5-7-11-18/h8-9,12-13,17H,3-7,10-11H2,1-2H3. The molecule has 0 unspecified atom stereocenters. The summed E-state index contributed by atoms with van der Waals surface area (Å²) in [6.45, 7) is 4.96. The number of sulfonamides is 1. The van der Waals surface area contributed by atoms with Gasteiger partial charge in [0.15, 0.2) is 0 Å². The molecular weight excluding hydrogens is 330 g/mol. The first-order chi connectivity index (χ1) is 11.4. The Kier molecular flexibility index (Phi) is 6.17. The minimum atomic E-state index is -3.67. The zero-order valence-corrected chi connectivity index (χ0v) is 15.0. The van der Waals surface area contributed by atoms with E-state index in [-0.39, 0.29) is 16.6 Å². The maximum atomic E-state index is 12.7. The number of hydrogen-bond donors (Lipinski definition) is 1. The summed E-state index contributed by atoms with van der Waals surface area (Å²) in [5.74, 6) is 0. The second kappa shape index (κ2) is 7.94. The monoisotopic (exact) mass is 355 g/mol. The van der Waals surface area contributed by atoms with E-state index in [1.54, 1.807) is 0 Å². The van der Waals surface area contributed by atoms with Crippen LogP contribution in [0.25, 0.3) is 0 Å². The predicted octanol–water partition coefficient (Wildman–Crippen LogP) is 3.37. The van der Waals surface area contributed by atoms with E-state index in [0.29, 0.717) is 18.8 Å². The van der Waals surface area contributed by atoms with Crippen LogP contribution in [0.5, 0.6) is 0 Å². The van der Waals surface area contributed by atoms with Gasteiger partial charge in [0.2, 0.25) is 10.0 Å². The second-order valence-corrected chi connectivity index (χ2v) is 8.00. The Bertz CT molecular complexity index is 681. The first-order valence-electron chi connectivity index (χ1n) is 8.45. The van der Waals surface area contributed by atoms with Crippen molar-refractivity contribution in [2.45, 2.75) is 56.9 Å². The van der Waals surface area contributed by atoms with Gasteiger partial charge >= 0.3 is 0 Å². The molecule has 7 nitrogen and oxygen atoms in total. The molecule has 1 aliphatic rings. The first-order valence-corrected chi connectivity index (χ1v) is 9.89. The second-order valence-electron chi connectivity index (χ2n) is 6.06. The lowest BCUT2D eigenvalue weighted by atomic mass is 10.1. The lowest BCUT2D eigenvalue weighted by Gasteiger charge is -2.26. The summed E-state index contributed by atoms with van der Waals surface area (Å²) in [6, 6.07) is 4.26. The summed E-state index contributed by atoms with van der Waals surface area (Å²) >= 11 is 0. The van der Waals surface area contributed by atoms with Crippen molar-refractivity contribution in [2.75, 3.05) is 18.4 Å². The highest BCUT2D eigenvalue weighted by Gasteiger charge is 2.28. The molecular formula is C16H25N3O4S. The Morgan fingerprint density at radius 2 is 1.83 bits per heavy atom. The molecule has 8 heteroatoms. The molecule has 0 bridgehead atoms. The lowest BCUT2D eigenvalue weighted by Crippen LogP contribution is -2.35. The molecule has 1 N–H and O–H groups in total. The molecule has 0 radical (unpaired) electrons. The highest BCUT2D eigenvalue weighted by Crippen LogP contribution is 2.30. The minimum Gasteiger partial charge on any atom is -0.377 e. The summed E-state index contributed by atoms with van der Waals surface area (Å²) in [7, 11) is -3.67. The van der Waals surface area contributed by atoms with Crippen LogP contribution in [0.15, 0.2) is 23.1 Å². The van der Waals surface area contributed by atoms with Gasteiger partial charge in [-0.05, 0) is 37.8 Å². The molecule has 0 saturated carbocycles. The predicted molar refractivity (Wildman–Crippen MR) is 93.7 cm³/mol. The van der Waals surface area contributed by atoms with Gasteiger partial charge in [0.05, 0.1) is 9.82 Å². The summed E-state index contributed by atoms with van der Waals surface area (Å²) in [6.07, 6.45) is 4.35. The Balaban J connectivity index is 2.35. The summed E-state index contributed by atoms with van der Waals surface area (Å²) in [5.41, 5.74) is 0.172. The summed E-state index contributed by atoms with van der Waals surface area (Å²) in [5, 5.41) is 14.5. The van der Waals surface area contributed by atoms with Crippen LogP contribution in [0.1, 0.15) is 46.0 Å². The SMILES string of the molecule is CCC(CC)Nc1ccc(S(=O)(=O)N2CCCCC2)cc1[N+](=O)[O-]. The average Bonchev–Trinajstić information content (AvgIpc) is 2.60. The third-order valence-corrected chi connectivity index (χ3v) is 6.36. The van der Waals surface area contributed by atoms with E-state index in [1.807, 2.05) is 13.8 Å². The molecule has 134 valence electrons. The molecule has 1 aliphatic heterocycles. The Morgan fingerprint density at radius 3 is 2.38 bits per heavy atom. The molecule has 0 aromatic heterocycles. The molecule has 0 spiro atoms. The van der Waals surface area contributed by atoms with Gasteiger partial charge < -0.3 is 5.32 Å². The molecule has 0 atom stereocenters. The van der Waals surface area contributed by atoms with Crippen LogP contribution in [-0.4, -0.2) is 36.8 Å². The van der Waals surface area contributed by atoms with Crippen molar-refractivity contribution >= 4 is 21.4 Å². The van der Waals surface area contributed by atoms with Crippen molar-refractivity contribution in [3.63, 3.8) is 0 Å². The normalized spacial score (nSPS) is 16.3. The van der Waals surface area contributed by atoms with E-state index in [2.05, 4.69) is 5.32 Å². The minimum absolute atomic E-state index is 0.00815. The number of nitrogens with zero attached hydrogens (tertiary/aromatic N) is 2. The van der Waals surface area contributed by atoms with E-state index >= 15 is 0 Å². The number of piperidine rings is 1. The van der Waals surface area contributed by atoms with Gasteiger partial charge in [0, 0.05) is 25.2 Å². The van der Waals surface area contributed by atoms with Crippen molar-refractivity contribution in [3.05, 3.63) is 28.3 Å². The quantitative estimate of drug-likeness (QED) is 0.598.